The Balaban J connectivity index is 0. The molecular formula is C8H19NOS. The molecule has 1 amide bonds. The molecule has 0 bridgehead atoms. The van der Waals surface area contributed by atoms with Gasteiger partial charge in [0, 0.05) is 13.5 Å². The number of hydrogen-bond acceptors (Lipinski definition) is 2. The minimum atomic E-state index is 0.0502. The summed E-state index contributed by atoms with van der Waals surface area (Å²) in [5.41, 5.74) is 0. The van der Waals surface area contributed by atoms with Gasteiger partial charge in [-0.15, -0.1) is 0 Å². The lowest BCUT2D eigenvalue weighted by molar-refractivity contribution is -0.118. The van der Waals surface area contributed by atoms with Crippen LogP contribution in [-0.4, -0.2) is 18.2 Å². The molecule has 0 heterocycles. The number of rotatable bonds is 4. The number of carbonyl (C=O) groups excluding carboxylic acids is 1. The Bertz CT molecular complexity index is 86.2. The van der Waals surface area contributed by atoms with Gasteiger partial charge >= 0.3 is 0 Å². The van der Waals surface area contributed by atoms with E-state index < -0.39 is 0 Å². The first kappa shape index (κ1) is 13.4. The topological polar surface area (TPSA) is 29.1 Å². The van der Waals surface area contributed by atoms with Gasteiger partial charge in [-0.1, -0.05) is 13.8 Å². The number of unbranched alkanes of at least 4 members (excludes halogenated alkanes) is 1. The van der Waals surface area contributed by atoms with Crippen LogP contribution in [0.3, 0.4) is 0 Å². The van der Waals surface area contributed by atoms with Crippen molar-refractivity contribution in [3.63, 3.8) is 0 Å². The van der Waals surface area contributed by atoms with Crippen molar-refractivity contribution in [2.45, 2.75) is 33.6 Å². The van der Waals surface area contributed by atoms with Crippen LogP contribution in [0, 0.1) is 0 Å². The predicted octanol–water partition coefficient (Wildman–Crippen LogP) is 1.86. The lowest BCUT2D eigenvalue weighted by atomic mass is 10.3. The highest BCUT2D eigenvalue weighted by molar-refractivity contribution is 7.80. The third-order valence-corrected chi connectivity index (χ3v) is 1.28. The van der Waals surface area contributed by atoms with Crippen molar-refractivity contribution < 1.29 is 4.79 Å². The molecule has 0 rings (SSSR count). The second kappa shape index (κ2) is 12.5. The second-order valence-electron chi connectivity index (χ2n) is 1.91. The molecule has 0 spiro atoms. The maximum Gasteiger partial charge on any atom is 0.216 e. The average Bonchev–Trinajstić information content (AvgIpc) is 2.02. The molecule has 3 heteroatoms. The Morgan fingerprint density at radius 3 is 2.27 bits per heavy atom. The van der Waals surface area contributed by atoms with Gasteiger partial charge in [0.2, 0.25) is 5.91 Å². The van der Waals surface area contributed by atoms with Crippen LogP contribution in [-0.2, 0) is 4.79 Å². The molecule has 1 N–H and O–H groups in total. The zero-order chi connectivity index (χ0) is 9.11. The van der Waals surface area contributed by atoms with Crippen LogP contribution in [0.1, 0.15) is 33.6 Å². The summed E-state index contributed by atoms with van der Waals surface area (Å²) in [6, 6.07) is 0. The van der Waals surface area contributed by atoms with Crippen LogP contribution >= 0.6 is 12.6 Å². The molecule has 68 valence electrons. The van der Waals surface area contributed by atoms with Gasteiger partial charge in [0.1, 0.15) is 0 Å². The Hall–Kier alpha value is -0.180. The van der Waals surface area contributed by atoms with Gasteiger partial charge in [0.25, 0.3) is 0 Å². The molecule has 0 atom stereocenters. The third-order valence-electron chi connectivity index (χ3n) is 0.959. The quantitative estimate of drug-likeness (QED) is 0.498. The molecule has 0 aromatic heterocycles. The van der Waals surface area contributed by atoms with Crippen molar-refractivity contribution in [1.29, 1.82) is 0 Å². The van der Waals surface area contributed by atoms with Crippen molar-refractivity contribution in [2.24, 2.45) is 0 Å². The monoisotopic (exact) mass is 177 g/mol. The van der Waals surface area contributed by atoms with E-state index in [0.717, 1.165) is 25.1 Å². The Labute approximate surface area is 75.2 Å². The van der Waals surface area contributed by atoms with Gasteiger partial charge in [0.05, 0.1) is 0 Å². The molecule has 0 aromatic rings. The van der Waals surface area contributed by atoms with Crippen molar-refractivity contribution in [3.05, 3.63) is 0 Å². The predicted molar refractivity (Wildman–Crippen MR) is 53.1 cm³/mol. The maximum atomic E-state index is 10.3. The first-order valence-corrected chi connectivity index (χ1v) is 4.76. The van der Waals surface area contributed by atoms with Crippen LogP contribution in [0.5, 0.6) is 0 Å². The summed E-state index contributed by atoms with van der Waals surface area (Å²) in [6.45, 7) is 6.32. The normalized spacial score (nSPS) is 8.00. The first-order chi connectivity index (χ1) is 5.27. The summed E-state index contributed by atoms with van der Waals surface area (Å²) in [4.78, 5) is 10.3. The molecule has 0 saturated carbocycles. The minimum Gasteiger partial charge on any atom is -0.356 e. The standard InChI is InChI=1S/C6H13NOS.C2H6/c1-6(8)7-4-2-3-5-9;1-2/h9H,2-5H2,1H3,(H,7,8);1-2H3. The van der Waals surface area contributed by atoms with Crippen LogP contribution in [0.15, 0.2) is 0 Å². The fourth-order valence-corrected chi connectivity index (χ4v) is 0.725. The van der Waals surface area contributed by atoms with E-state index in [2.05, 4.69) is 17.9 Å². The molecule has 0 saturated heterocycles. The molecule has 2 nitrogen and oxygen atoms in total. The molecule has 0 aliphatic carbocycles. The minimum absolute atomic E-state index is 0.0502. The van der Waals surface area contributed by atoms with Crippen molar-refractivity contribution >= 4 is 18.5 Å². The SMILES string of the molecule is CC.CC(=O)NCCCCS. The van der Waals surface area contributed by atoms with Gasteiger partial charge in [-0.05, 0) is 18.6 Å². The summed E-state index contributed by atoms with van der Waals surface area (Å²) < 4.78 is 0. The molecule has 0 aromatic carbocycles. The zero-order valence-electron chi connectivity index (χ0n) is 7.68. The van der Waals surface area contributed by atoms with Crippen LogP contribution in [0.2, 0.25) is 0 Å². The average molecular weight is 177 g/mol. The number of hydrogen-bond donors (Lipinski definition) is 2. The third kappa shape index (κ3) is 17.7. The highest BCUT2D eigenvalue weighted by Gasteiger charge is 1.87. The van der Waals surface area contributed by atoms with E-state index in [1.165, 1.54) is 6.92 Å². The fourth-order valence-electron chi connectivity index (χ4n) is 0.501. The molecule has 0 unspecified atom stereocenters. The van der Waals surface area contributed by atoms with Crippen LogP contribution in [0.4, 0.5) is 0 Å². The maximum absolute atomic E-state index is 10.3. The van der Waals surface area contributed by atoms with E-state index in [0.29, 0.717) is 0 Å². The Morgan fingerprint density at radius 2 is 1.91 bits per heavy atom. The van der Waals surface area contributed by atoms with Crippen LogP contribution < -0.4 is 5.32 Å². The molecular weight excluding hydrogens is 158 g/mol. The second-order valence-corrected chi connectivity index (χ2v) is 2.36. The number of amides is 1. The van der Waals surface area contributed by atoms with E-state index in [1.54, 1.807) is 0 Å². The van der Waals surface area contributed by atoms with Gasteiger partial charge < -0.3 is 5.32 Å². The van der Waals surface area contributed by atoms with Gasteiger partial charge in [0.15, 0.2) is 0 Å². The fraction of sp³-hybridized carbons (Fsp3) is 0.875. The summed E-state index contributed by atoms with van der Waals surface area (Å²) in [7, 11) is 0. The van der Waals surface area contributed by atoms with E-state index in [1.807, 2.05) is 13.8 Å². The molecule has 0 radical (unpaired) electrons. The Kier molecular flexibility index (Phi) is 15.2. The number of thiol groups is 1. The first-order valence-electron chi connectivity index (χ1n) is 4.12. The van der Waals surface area contributed by atoms with Gasteiger partial charge in [-0.2, -0.15) is 12.6 Å². The van der Waals surface area contributed by atoms with Gasteiger partial charge in [-0.3, -0.25) is 4.79 Å². The summed E-state index contributed by atoms with van der Waals surface area (Å²) in [5.74, 6) is 0.953. The highest BCUT2D eigenvalue weighted by Crippen LogP contribution is 1.88. The molecule has 0 aliphatic heterocycles. The smallest absolute Gasteiger partial charge is 0.216 e. The lowest BCUT2D eigenvalue weighted by Crippen LogP contribution is -2.20. The van der Waals surface area contributed by atoms with E-state index in [9.17, 15) is 4.79 Å². The summed E-state index contributed by atoms with van der Waals surface area (Å²) >= 11 is 4.03. The molecule has 11 heavy (non-hydrogen) atoms. The number of carbonyl (C=O) groups is 1. The van der Waals surface area contributed by atoms with E-state index >= 15 is 0 Å². The van der Waals surface area contributed by atoms with E-state index in [-0.39, 0.29) is 5.91 Å². The molecule has 0 aliphatic rings. The molecule has 0 fully saturated rings. The van der Waals surface area contributed by atoms with E-state index in [4.69, 9.17) is 0 Å². The number of nitrogens with one attached hydrogen (secondary N) is 1. The Morgan fingerprint density at radius 1 is 1.36 bits per heavy atom. The van der Waals surface area contributed by atoms with Crippen LogP contribution in [0.25, 0.3) is 0 Å². The summed E-state index contributed by atoms with van der Waals surface area (Å²) in [6.07, 6.45) is 2.10. The van der Waals surface area contributed by atoms with Crippen molar-refractivity contribution in [1.82, 2.24) is 5.32 Å². The van der Waals surface area contributed by atoms with Crippen molar-refractivity contribution in [2.75, 3.05) is 12.3 Å². The lowest BCUT2D eigenvalue weighted by Gasteiger charge is -1.98. The van der Waals surface area contributed by atoms with Gasteiger partial charge in [-0.25, -0.2) is 0 Å². The summed E-state index contributed by atoms with van der Waals surface area (Å²) in [5, 5.41) is 2.71. The largest absolute Gasteiger partial charge is 0.356 e. The zero-order valence-corrected chi connectivity index (χ0v) is 8.58. The highest BCUT2D eigenvalue weighted by atomic mass is 32.1. The van der Waals surface area contributed by atoms with Crippen molar-refractivity contribution in [3.8, 4) is 0 Å².